The number of rotatable bonds is 4. The smallest absolute Gasteiger partial charge is 0.169 e. The third-order valence-corrected chi connectivity index (χ3v) is 4.03. The van der Waals surface area contributed by atoms with Gasteiger partial charge in [-0.25, -0.2) is 4.39 Å². The Bertz CT molecular complexity index is 466. The van der Waals surface area contributed by atoms with Crippen molar-refractivity contribution in [1.82, 2.24) is 4.90 Å². The van der Waals surface area contributed by atoms with Gasteiger partial charge >= 0.3 is 0 Å². The van der Waals surface area contributed by atoms with Crippen LogP contribution < -0.4 is 16.8 Å². The maximum Gasteiger partial charge on any atom is 0.169 e. The minimum absolute atomic E-state index is 0.0710. The summed E-state index contributed by atoms with van der Waals surface area (Å²) in [5.41, 5.74) is 12.1. The number of halogens is 2. The molecule has 5 N–H and O–H groups in total. The van der Waals surface area contributed by atoms with E-state index in [0.29, 0.717) is 18.2 Å². The summed E-state index contributed by atoms with van der Waals surface area (Å²) in [5, 5.41) is 3.00. The molecule has 0 bridgehead atoms. The second-order valence-corrected chi connectivity index (χ2v) is 5.36. The number of hydrogen-bond acceptors (Lipinski definition) is 4. The van der Waals surface area contributed by atoms with E-state index in [-0.39, 0.29) is 16.4 Å². The largest absolute Gasteiger partial charge is 0.397 e. The molecule has 1 aromatic carbocycles. The molecular weight excluding hydrogens is 267 g/mol. The van der Waals surface area contributed by atoms with Crippen molar-refractivity contribution >= 4 is 28.7 Å². The first-order chi connectivity index (χ1) is 9.02. The van der Waals surface area contributed by atoms with Gasteiger partial charge in [-0.3, -0.25) is 0 Å². The van der Waals surface area contributed by atoms with Gasteiger partial charge in [-0.1, -0.05) is 18.5 Å². The normalized spacial score (nSPS) is 19.8. The fourth-order valence-corrected chi connectivity index (χ4v) is 2.61. The summed E-state index contributed by atoms with van der Waals surface area (Å²) in [7, 11) is 0. The molecule has 1 aliphatic heterocycles. The average molecular weight is 287 g/mol. The van der Waals surface area contributed by atoms with Crippen molar-refractivity contribution in [3.63, 3.8) is 0 Å². The molecular formula is C13H20ClFN4. The molecule has 0 saturated carbocycles. The predicted molar refractivity (Wildman–Crippen MR) is 78.9 cm³/mol. The molecule has 1 atom stereocenters. The molecule has 1 aliphatic rings. The van der Waals surface area contributed by atoms with Crippen molar-refractivity contribution in [2.24, 2.45) is 5.92 Å². The molecule has 0 spiro atoms. The maximum absolute atomic E-state index is 14.0. The zero-order valence-corrected chi connectivity index (χ0v) is 11.8. The minimum atomic E-state index is -0.565. The lowest BCUT2D eigenvalue weighted by molar-refractivity contribution is 0.345. The van der Waals surface area contributed by atoms with Gasteiger partial charge < -0.3 is 21.7 Å². The molecule has 19 heavy (non-hydrogen) atoms. The van der Waals surface area contributed by atoms with E-state index in [9.17, 15) is 4.39 Å². The number of likely N-dealkylation sites (tertiary alicyclic amines) is 1. The first kappa shape index (κ1) is 14.2. The van der Waals surface area contributed by atoms with Gasteiger partial charge in [0, 0.05) is 13.1 Å². The van der Waals surface area contributed by atoms with Crippen molar-refractivity contribution in [3.05, 3.63) is 16.9 Å². The Morgan fingerprint density at radius 2 is 2.21 bits per heavy atom. The second-order valence-electron chi connectivity index (χ2n) is 4.99. The number of anilines is 3. The van der Waals surface area contributed by atoms with Crippen molar-refractivity contribution in [2.45, 2.75) is 13.3 Å². The molecule has 1 heterocycles. The molecule has 1 fully saturated rings. The molecule has 0 aliphatic carbocycles. The molecule has 1 unspecified atom stereocenters. The van der Waals surface area contributed by atoms with Crippen LogP contribution in [0.1, 0.15) is 13.3 Å². The van der Waals surface area contributed by atoms with E-state index in [0.717, 1.165) is 26.1 Å². The first-order valence-corrected chi connectivity index (χ1v) is 6.89. The maximum atomic E-state index is 14.0. The number of nitrogens with two attached hydrogens (primary N) is 2. The van der Waals surface area contributed by atoms with Crippen molar-refractivity contribution in [1.29, 1.82) is 0 Å². The van der Waals surface area contributed by atoms with Gasteiger partial charge in [0.15, 0.2) is 5.82 Å². The number of nitrogens with zero attached hydrogens (tertiary/aromatic N) is 1. The molecule has 106 valence electrons. The van der Waals surface area contributed by atoms with Crippen molar-refractivity contribution in [3.8, 4) is 0 Å². The zero-order chi connectivity index (χ0) is 14.0. The highest BCUT2D eigenvalue weighted by atomic mass is 35.5. The Morgan fingerprint density at radius 1 is 1.47 bits per heavy atom. The van der Waals surface area contributed by atoms with Crippen LogP contribution in [-0.4, -0.2) is 31.1 Å². The van der Waals surface area contributed by atoms with E-state index in [1.54, 1.807) is 0 Å². The molecule has 1 aromatic rings. The van der Waals surface area contributed by atoms with Gasteiger partial charge in [-0.05, 0) is 31.5 Å². The van der Waals surface area contributed by atoms with E-state index in [4.69, 9.17) is 23.1 Å². The monoisotopic (exact) mass is 286 g/mol. The molecule has 0 radical (unpaired) electrons. The van der Waals surface area contributed by atoms with E-state index in [1.165, 1.54) is 6.07 Å². The van der Waals surface area contributed by atoms with Crippen LogP contribution in [0.25, 0.3) is 0 Å². The van der Waals surface area contributed by atoms with Gasteiger partial charge in [0.05, 0.1) is 17.1 Å². The third-order valence-electron chi connectivity index (χ3n) is 3.65. The third kappa shape index (κ3) is 3.04. The van der Waals surface area contributed by atoms with Crippen LogP contribution in [0.4, 0.5) is 21.5 Å². The van der Waals surface area contributed by atoms with Gasteiger partial charge in [0.2, 0.25) is 0 Å². The Labute approximate surface area is 117 Å². The summed E-state index contributed by atoms with van der Waals surface area (Å²) in [4.78, 5) is 2.38. The van der Waals surface area contributed by atoms with Crippen LogP contribution in [0.15, 0.2) is 6.07 Å². The summed E-state index contributed by atoms with van der Waals surface area (Å²) in [6, 6.07) is 1.49. The fourth-order valence-electron chi connectivity index (χ4n) is 2.46. The average Bonchev–Trinajstić information content (AvgIpc) is 2.84. The van der Waals surface area contributed by atoms with Crippen LogP contribution in [0.2, 0.25) is 5.02 Å². The lowest BCUT2D eigenvalue weighted by atomic mass is 10.1. The summed E-state index contributed by atoms with van der Waals surface area (Å²) >= 11 is 5.79. The second kappa shape index (κ2) is 5.84. The first-order valence-electron chi connectivity index (χ1n) is 6.52. The summed E-state index contributed by atoms with van der Waals surface area (Å²) in [6.07, 6.45) is 1.12. The van der Waals surface area contributed by atoms with Gasteiger partial charge in [0.1, 0.15) is 5.02 Å². The highest BCUT2D eigenvalue weighted by molar-refractivity contribution is 6.33. The van der Waals surface area contributed by atoms with Crippen molar-refractivity contribution < 1.29 is 4.39 Å². The van der Waals surface area contributed by atoms with E-state index in [1.807, 2.05) is 0 Å². The summed E-state index contributed by atoms with van der Waals surface area (Å²) in [6.45, 7) is 6.03. The van der Waals surface area contributed by atoms with Gasteiger partial charge in [0.25, 0.3) is 0 Å². The van der Waals surface area contributed by atoms with Crippen LogP contribution in [0.5, 0.6) is 0 Å². The lowest BCUT2D eigenvalue weighted by Gasteiger charge is -2.17. The van der Waals surface area contributed by atoms with E-state index >= 15 is 0 Å². The summed E-state index contributed by atoms with van der Waals surface area (Å²) < 4.78 is 14.0. The predicted octanol–water partition coefficient (Wildman–Crippen LogP) is 2.40. The molecule has 4 nitrogen and oxygen atoms in total. The van der Waals surface area contributed by atoms with Gasteiger partial charge in [-0.2, -0.15) is 0 Å². The SMILES string of the molecule is CCN1CCC(CNc2c(N)cc(N)c(Cl)c2F)C1. The molecule has 6 heteroatoms. The number of nitrogens with one attached hydrogen (secondary N) is 1. The Morgan fingerprint density at radius 3 is 2.84 bits per heavy atom. The molecule has 0 amide bonds. The molecule has 2 rings (SSSR count). The quantitative estimate of drug-likeness (QED) is 0.744. The molecule has 1 saturated heterocycles. The highest BCUT2D eigenvalue weighted by Gasteiger charge is 2.22. The minimum Gasteiger partial charge on any atom is -0.397 e. The van der Waals surface area contributed by atoms with Gasteiger partial charge in [-0.15, -0.1) is 0 Å². The van der Waals surface area contributed by atoms with Crippen molar-refractivity contribution in [2.75, 3.05) is 43.0 Å². The topological polar surface area (TPSA) is 67.3 Å². The van der Waals surface area contributed by atoms with Crippen LogP contribution >= 0.6 is 11.6 Å². The molecule has 0 aromatic heterocycles. The Hall–Kier alpha value is -1.20. The number of nitrogen functional groups attached to an aromatic ring is 2. The zero-order valence-electron chi connectivity index (χ0n) is 11.0. The van der Waals surface area contributed by atoms with E-state index < -0.39 is 5.82 Å². The number of hydrogen-bond donors (Lipinski definition) is 3. The Kier molecular flexibility index (Phi) is 4.37. The number of benzene rings is 1. The van der Waals surface area contributed by atoms with Crippen LogP contribution in [-0.2, 0) is 0 Å². The summed E-state index contributed by atoms with van der Waals surface area (Å²) in [5.74, 6) is -0.0559. The Balaban J connectivity index is 2.02. The lowest BCUT2D eigenvalue weighted by Crippen LogP contribution is -2.23. The fraction of sp³-hybridized carbons (Fsp3) is 0.538. The van der Waals surface area contributed by atoms with Crippen LogP contribution in [0, 0.1) is 11.7 Å². The standard InChI is InChI=1S/C13H20ClFN4/c1-2-19-4-3-8(7-19)6-18-13-10(17)5-9(16)11(14)12(13)15/h5,8,18H,2-4,6-7,16-17H2,1H3. The highest BCUT2D eigenvalue weighted by Crippen LogP contribution is 2.34. The van der Waals surface area contributed by atoms with Crippen LogP contribution in [0.3, 0.4) is 0 Å². The van der Waals surface area contributed by atoms with E-state index in [2.05, 4.69) is 17.1 Å².